The van der Waals surface area contributed by atoms with Crippen LogP contribution in [-0.2, 0) is 12.7 Å². The first-order valence-corrected chi connectivity index (χ1v) is 7.63. The van der Waals surface area contributed by atoms with Gasteiger partial charge in [0, 0.05) is 18.0 Å². The third-order valence-corrected chi connectivity index (χ3v) is 4.46. The molecule has 0 unspecified atom stereocenters. The highest BCUT2D eigenvalue weighted by Gasteiger charge is 2.34. The van der Waals surface area contributed by atoms with Gasteiger partial charge < -0.3 is 4.90 Å². The standard InChI is InChI=1S/C15H13F3N2O3S/c1-9-5-6-24-13(9)8-19(2)14(21)11-4-3-10(15(16,17)18)7-12(11)20(22)23/h3-7H,8H2,1-2H3. The number of amides is 1. The normalized spacial score (nSPS) is 11.4. The molecule has 0 fully saturated rings. The van der Waals surface area contributed by atoms with Crippen LogP contribution < -0.4 is 0 Å². The van der Waals surface area contributed by atoms with Crippen molar-refractivity contribution in [2.75, 3.05) is 7.05 Å². The molecule has 128 valence electrons. The van der Waals surface area contributed by atoms with Gasteiger partial charge in [-0.15, -0.1) is 11.3 Å². The molecule has 9 heteroatoms. The molecule has 0 saturated carbocycles. The van der Waals surface area contributed by atoms with Crippen molar-refractivity contribution >= 4 is 22.9 Å². The molecular formula is C15H13F3N2O3S. The summed E-state index contributed by atoms with van der Waals surface area (Å²) in [4.78, 5) is 24.7. The molecule has 2 aromatic rings. The minimum Gasteiger partial charge on any atom is -0.336 e. The predicted octanol–water partition coefficient (Wildman–Crippen LogP) is 4.26. The maximum absolute atomic E-state index is 12.7. The minimum absolute atomic E-state index is 0.223. The number of nitro benzene ring substituents is 1. The average Bonchev–Trinajstić information content (AvgIpc) is 2.90. The highest BCUT2D eigenvalue weighted by atomic mass is 32.1. The summed E-state index contributed by atoms with van der Waals surface area (Å²) >= 11 is 1.43. The van der Waals surface area contributed by atoms with Gasteiger partial charge in [0.1, 0.15) is 5.56 Å². The van der Waals surface area contributed by atoms with Gasteiger partial charge in [-0.3, -0.25) is 14.9 Å². The predicted molar refractivity (Wildman–Crippen MR) is 83.0 cm³/mol. The minimum atomic E-state index is -4.72. The second-order valence-electron chi connectivity index (χ2n) is 5.17. The van der Waals surface area contributed by atoms with Gasteiger partial charge in [0.05, 0.1) is 17.0 Å². The highest BCUT2D eigenvalue weighted by Crippen LogP contribution is 2.33. The number of halogens is 3. The van der Waals surface area contributed by atoms with E-state index in [0.717, 1.165) is 16.5 Å². The lowest BCUT2D eigenvalue weighted by molar-refractivity contribution is -0.385. The zero-order valence-corrected chi connectivity index (χ0v) is 13.6. The van der Waals surface area contributed by atoms with Crippen LogP contribution >= 0.6 is 11.3 Å². The number of hydrogen-bond donors (Lipinski definition) is 0. The van der Waals surface area contributed by atoms with Crippen LogP contribution in [0.25, 0.3) is 0 Å². The molecule has 24 heavy (non-hydrogen) atoms. The van der Waals surface area contributed by atoms with Gasteiger partial charge >= 0.3 is 6.18 Å². The summed E-state index contributed by atoms with van der Waals surface area (Å²) in [5.74, 6) is -0.705. The number of thiophene rings is 1. The van der Waals surface area contributed by atoms with Crippen LogP contribution in [-0.4, -0.2) is 22.8 Å². The maximum atomic E-state index is 12.7. The molecule has 0 bridgehead atoms. The number of aryl methyl sites for hydroxylation is 1. The Labute approximate surface area is 139 Å². The van der Waals surface area contributed by atoms with Crippen LogP contribution in [0.5, 0.6) is 0 Å². The summed E-state index contributed by atoms with van der Waals surface area (Å²) in [6.45, 7) is 2.09. The smallest absolute Gasteiger partial charge is 0.336 e. The molecular weight excluding hydrogens is 345 g/mol. The van der Waals surface area contributed by atoms with E-state index in [2.05, 4.69) is 0 Å². The Morgan fingerprint density at radius 1 is 1.33 bits per heavy atom. The first kappa shape index (κ1) is 17.9. The second-order valence-corrected chi connectivity index (χ2v) is 6.18. The summed E-state index contributed by atoms with van der Waals surface area (Å²) in [5.41, 5.74) is -1.42. The number of benzene rings is 1. The van der Waals surface area contributed by atoms with Gasteiger partial charge in [0.25, 0.3) is 11.6 Å². The van der Waals surface area contributed by atoms with Crippen molar-refractivity contribution in [3.8, 4) is 0 Å². The van der Waals surface area contributed by atoms with Crippen LogP contribution in [0.1, 0.15) is 26.4 Å². The molecule has 0 aliphatic heterocycles. The van der Waals surface area contributed by atoms with Gasteiger partial charge in [-0.05, 0) is 36.1 Å². The zero-order valence-electron chi connectivity index (χ0n) is 12.8. The topological polar surface area (TPSA) is 63.5 Å². The van der Waals surface area contributed by atoms with Crippen LogP contribution in [0, 0.1) is 17.0 Å². The molecule has 1 amide bonds. The number of rotatable bonds is 4. The Morgan fingerprint density at radius 2 is 2.00 bits per heavy atom. The van der Waals surface area contributed by atoms with E-state index in [0.29, 0.717) is 12.1 Å². The number of carbonyl (C=O) groups is 1. The van der Waals surface area contributed by atoms with Crippen LogP contribution in [0.3, 0.4) is 0 Å². The number of nitrogens with zero attached hydrogens (tertiary/aromatic N) is 2. The van der Waals surface area contributed by atoms with Gasteiger partial charge in [0.15, 0.2) is 0 Å². The average molecular weight is 358 g/mol. The first-order chi connectivity index (χ1) is 11.1. The monoisotopic (exact) mass is 358 g/mol. The lowest BCUT2D eigenvalue weighted by Crippen LogP contribution is -2.27. The molecule has 1 aromatic heterocycles. The summed E-state index contributed by atoms with van der Waals surface area (Å²) in [6, 6.07) is 3.78. The third kappa shape index (κ3) is 3.73. The number of alkyl halides is 3. The quantitative estimate of drug-likeness (QED) is 0.606. The number of nitro groups is 1. The molecule has 0 spiro atoms. The van der Waals surface area contributed by atoms with E-state index in [1.165, 1.54) is 23.3 Å². The van der Waals surface area contributed by atoms with E-state index in [4.69, 9.17) is 0 Å². The molecule has 0 aliphatic rings. The second kappa shape index (κ2) is 6.60. The summed E-state index contributed by atoms with van der Waals surface area (Å²) in [5, 5.41) is 12.9. The summed E-state index contributed by atoms with van der Waals surface area (Å²) < 4.78 is 38.1. The van der Waals surface area contributed by atoms with Gasteiger partial charge in [-0.1, -0.05) is 0 Å². The Hall–Kier alpha value is -2.42. The van der Waals surface area contributed by atoms with E-state index < -0.39 is 28.3 Å². The van der Waals surface area contributed by atoms with E-state index in [-0.39, 0.29) is 12.1 Å². The molecule has 0 saturated heterocycles. The fourth-order valence-electron chi connectivity index (χ4n) is 2.10. The van der Waals surface area contributed by atoms with Crippen molar-refractivity contribution in [3.63, 3.8) is 0 Å². The van der Waals surface area contributed by atoms with E-state index in [1.54, 1.807) is 0 Å². The van der Waals surface area contributed by atoms with Crippen molar-refractivity contribution in [1.29, 1.82) is 0 Å². The Balaban J connectivity index is 2.34. The maximum Gasteiger partial charge on any atom is 0.416 e. The zero-order chi connectivity index (χ0) is 18.1. The highest BCUT2D eigenvalue weighted by molar-refractivity contribution is 7.10. The molecule has 5 nitrogen and oxygen atoms in total. The first-order valence-electron chi connectivity index (χ1n) is 6.75. The lowest BCUT2D eigenvalue weighted by Gasteiger charge is -2.17. The van der Waals surface area contributed by atoms with Crippen molar-refractivity contribution < 1.29 is 22.9 Å². The molecule has 1 aromatic carbocycles. The largest absolute Gasteiger partial charge is 0.416 e. The van der Waals surface area contributed by atoms with Crippen molar-refractivity contribution in [2.24, 2.45) is 0 Å². The molecule has 0 atom stereocenters. The molecule has 2 rings (SSSR count). The third-order valence-electron chi connectivity index (χ3n) is 3.45. The van der Waals surface area contributed by atoms with Crippen LogP contribution in [0.2, 0.25) is 0 Å². The fraction of sp³-hybridized carbons (Fsp3) is 0.267. The van der Waals surface area contributed by atoms with Gasteiger partial charge in [-0.2, -0.15) is 13.2 Å². The molecule has 0 aliphatic carbocycles. The summed E-state index contributed by atoms with van der Waals surface area (Å²) in [6.07, 6.45) is -4.72. The number of carbonyl (C=O) groups excluding carboxylic acids is 1. The van der Waals surface area contributed by atoms with Crippen LogP contribution in [0.15, 0.2) is 29.6 Å². The number of hydrogen-bond acceptors (Lipinski definition) is 4. The van der Waals surface area contributed by atoms with E-state index in [1.807, 2.05) is 18.4 Å². The van der Waals surface area contributed by atoms with E-state index >= 15 is 0 Å². The van der Waals surface area contributed by atoms with Crippen molar-refractivity contribution in [2.45, 2.75) is 19.6 Å². The Bertz CT molecular complexity index is 787. The van der Waals surface area contributed by atoms with Crippen molar-refractivity contribution in [3.05, 3.63) is 61.3 Å². The summed E-state index contributed by atoms with van der Waals surface area (Å²) in [7, 11) is 1.45. The van der Waals surface area contributed by atoms with Gasteiger partial charge in [-0.25, -0.2) is 0 Å². The molecule has 0 radical (unpaired) electrons. The molecule has 1 heterocycles. The molecule has 0 N–H and O–H groups in total. The lowest BCUT2D eigenvalue weighted by atomic mass is 10.1. The van der Waals surface area contributed by atoms with Crippen molar-refractivity contribution in [1.82, 2.24) is 4.90 Å². The Morgan fingerprint density at radius 3 is 2.50 bits per heavy atom. The SMILES string of the molecule is Cc1ccsc1CN(C)C(=O)c1ccc(C(F)(F)F)cc1[N+](=O)[O-]. The Kier molecular flexibility index (Phi) is 4.93. The van der Waals surface area contributed by atoms with Crippen LogP contribution in [0.4, 0.5) is 18.9 Å². The van der Waals surface area contributed by atoms with E-state index in [9.17, 15) is 28.1 Å². The van der Waals surface area contributed by atoms with Gasteiger partial charge in [0.2, 0.25) is 0 Å². The fourth-order valence-corrected chi connectivity index (χ4v) is 3.06.